The molecule has 1 saturated heterocycles. The first-order valence-electron chi connectivity index (χ1n) is 5.71. The molecule has 1 heterocycles. The van der Waals surface area contributed by atoms with Crippen LogP contribution in [0.25, 0.3) is 0 Å². The van der Waals surface area contributed by atoms with Crippen LogP contribution in [0.3, 0.4) is 0 Å². The Kier molecular flexibility index (Phi) is 0.887. The van der Waals surface area contributed by atoms with Crippen LogP contribution in [-0.2, 0) is 0 Å². The van der Waals surface area contributed by atoms with Crippen molar-refractivity contribution in [3.63, 3.8) is 0 Å². The lowest BCUT2D eigenvalue weighted by molar-refractivity contribution is -0.0354. The topological polar surface area (TPSA) is 20.2 Å². The monoisotopic (exact) mass is 194 g/mol. The van der Waals surface area contributed by atoms with Crippen LogP contribution < -0.4 is 0 Å². The lowest BCUT2D eigenvalue weighted by Crippen LogP contribution is -2.54. The fourth-order valence-corrected chi connectivity index (χ4v) is 8.23. The highest BCUT2D eigenvalue weighted by molar-refractivity contribution is 8.01. The van der Waals surface area contributed by atoms with Gasteiger partial charge in [-0.05, 0) is 36.5 Å². The molecule has 0 unspecified atom stereocenters. The molecule has 2 heteroatoms. The summed E-state index contributed by atoms with van der Waals surface area (Å²) in [6.07, 6.45) is 3.07. The molecule has 0 aromatic rings. The van der Waals surface area contributed by atoms with Crippen molar-refractivity contribution in [1.29, 1.82) is 0 Å². The van der Waals surface area contributed by atoms with E-state index in [0.717, 1.165) is 46.0 Å². The maximum absolute atomic E-state index is 10.2. The molecular formula is C11H14OS. The van der Waals surface area contributed by atoms with Gasteiger partial charge in [-0.25, -0.2) is 0 Å². The highest BCUT2D eigenvalue weighted by Gasteiger charge is 2.78. The molecule has 1 N–H and O–H groups in total. The van der Waals surface area contributed by atoms with Crippen molar-refractivity contribution in [2.24, 2.45) is 35.5 Å². The smallest absolute Gasteiger partial charge is 0.0623 e. The minimum atomic E-state index is 0.118. The average molecular weight is 194 g/mol. The third-order valence-electron chi connectivity index (χ3n) is 5.87. The van der Waals surface area contributed by atoms with Gasteiger partial charge in [-0.2, -0.15) is 11.8 Å². The van der Waals surface area contributed by atoms with E-state index in [1.165, 1.54) is 12.8 Å². The summed E-state index contributed by atoms with van der Waals surface area (Å²) in [5.74, 6) is 5.50. The molecule has 1 nitrogen and oxygen atoms in total. The summed E-state index contributed by atoms with van der Waals surface area (Å²) < 4.78 is 0. The van der Waals surface area contributed by atoms with Crippen LogP contribution in [0.5, 0.6) is 0 Å². The van der Waals surface area contributed by atoms with Crippen LogP contribution in [0.1, 0.15) is 12.8 Å². The van der Waals surface area contributed by atoms with Crippen molar-refractivity contribution in [3.8, 4) is 0 Å². The molecule has 0 aromatic heterocycles. The molecule has 0 radical (unpaired) electrons. The molecule has 4 rings (SSSR count). The number of rotatable bonds is 0. The van der Waals surface area contributed by atoms with Gasteiger partial charge in [0.05, 0.1) is 6.10 Å². The minimum Gasteiger partial charge on any atom is -0.392 e. The quantitative estimate of drug-likeness (QED) is 0.588. The number of fused-ring (bicyclic) bond motifs is 9. The van der Waals surface area contributed by atoms with Gasteiger partial charge in [-0.3, -0.25) is 0 Å². The Morgan fingerprint density at radius 3 is 2.62 bits per heavy atom. The largest absolute Gasteiger partial charge is 0.392 e. The van der Waals surface area contributed by atoms with E-state index in [0.29, 0.717) is 0 Å². The SMILES string of the molecule is O[C@@H]1[C@@H]2[C@@H]3CC[C@@H]4[C@@H]2S[C@@H]2[C@@H]1[C@@H]3[C@@H]42. The van der Waals surface area contributed by atoms with Gasteiger partial charge in [0.1, 0.15) is 0 Å². The van der Waals surface area contributed by atoms with Crippen LogP contribution >= 0.6 is 11.8 Å². The number of hydrogen-bond donors (Lipinski definition) is 1. The highest BCUT2D eigenvalue weighted by Crippen LogP contribution is 2.79. The average Bonchev–Trinajstić information content (AvgIpc) is 2.42. The van der Waals surface area contributed by atoms with E-state index >= 15 is 0 Å². The molecule has 0 amide bonds. The van der Waals surface area contributed by atoms with E-state index in [1.807, 2.05) is 0 Å². The van der Waals surface area contributed by atoms with Crippen molar-refractivity contribution in [1.82, 2.24) is 0 Å². The zero-order valence-corrected chi connectivity index (χ0v) is 8.28. The molecule has 0 aromatic carbocycles. The lowest BCUT2D eigenvalue weighted by atomic mass is 9.50. The van der Waals surface area contributed by atoms with Gasteiger partial charge < -0.3 is 5.11 Å². The Labute approximate surface area is 82.3 Å². The molecular weight excluding hydrogens is 180 g/mol. The Balaban J connectivity index is 1.79. The first-order chi connectivity index (χ1) is 6.38. The second-order valence-electron chi connectivity index (χ2n) is 5.77. The van der Waals surface area contributed by atoms with E-state index < -0.39 is 0 Å². The Bertz CT molecular complexity index is 292. The summed E-state index contributed by atoms with van der Waals surface area (Å²) in [5.41, 5.74) is 0. The van der Waals surface area contributed by atoms with E-state index in [4.69, 9.17) is 0 Å². The molecule has 9 atom stereocenters. The molecule has 4 fully saturated rings. The summed E-state index contributed by atoms with van der Waals surface area (Å²) in [6, 6.07) is 0. The third-order valence-corrected chi connectivity index (χ3v) is 7.79. The number of thioether (sulfide) groups is 1. The Morgan fingerprint density at radius 1 is 0.846 bits per heavy atom. The van der Waals surface area contributed by atoms with E-state index in [9.17, 15) is 5.11 Å². The summed E-state index contributed by atoms with van der Waals surface area (Å²) in [5, 5.41) is 12.0. The van der Waals surface area contributed by atoms with Gasteiger partial charge >= 0.3 is 0 Å². The summed E-state index contributed by atoms with van der Waals surface area (Å²) in [7, 11) is 0. The Hall–Kier alpha value is 0.310. The summed E-state index contributed by atoms with van der Waals surface area (Å²) in [4.78, 5) is 0. The lowest BCUT2D eigenvalue weighted by Gasteiger charge is -2.53. The van der Waals surface area contributed by atoms with Crippen molar-refractivity contribution in [2.45, 2.75) is 29.4 Å². The number of hydrogen-bond acceptors (Lipinski definition) is 2. The standard InChI is InChI=1S/C11H14OS/c12-9-7-3-1-2-4-6-5(3)8(9)11(6)13-10(4)7/h3-12H,1-2H2/t3-,4+,5+,6-,7+,8-,9-,10+,11+/m1/s1. The predicted octanol–water partition coefficient (Wildman–Crippen LogP) is 1.36. The van der Waals surface area contributed by atoms with Gasteiger partial charge in [0.15, 0.2) is 0 Å². The van der Waals surface area contributed by atoms with Crippen LogP contribution in [0.4, 0.5) is 0 Å². The number of aliphatic hydroxyl groups is 1. The van der Waals surface area contributed by atoms with Crippen molar-refractivity contribution < 1.29 is 5.11 Å². The van der Waals surface area contributed by atoms with Gasteiger partial charge in [-0.1, -0.05) is 0 Å². The molecule has 70 valence electrons. The van der Waals surface area contributed by atoms with E-state index in [-0.39, 0.29) is 6.10 Å². The first-order valence-corrected chi connectivity index (χ1v) is 6.66. The molecule has 1 aliphatic heterocycles. The van der Waals surface area contributed by atoms with Gasteiger partial charge in [0, 0.05) is 22.3 Å². The molecule has 0 bridgehead atoms. The summed E-state index contributed by atoms with van der Waals surface area (Å²) >= 11 is 2.27. The fourth-order valence-electron chi connectivity index (χ4n) is 5.72. The Morgan fingerprint density at radius 2 is 1.69 bits per heavy atom. The summed E-state index contributed by atoms with van der Waals surface area (Å²) in [6.45, 7) is 0. The third kappa shape index (κ3) is 0.460. The first kappa shape index (κ1) is 6.73. The van der Waals surface area contributed by atoms with Crippen molar-refractivity contribution in [3.05, 3.63) is 0 Å². The second-order valence-corrected chi connectivity index (χ2v) is 7.13. The molecule has 0 spiro atoms. The highest BCUT2D eigenvalue weighted by atomic mass is 32.2. The maximum Gasteiger partial charge on any atom is 0.0623 e. The zero-order valence-electron chi connectivity index (χ0n) is 7.47. The normalized spacial score (nSPS) is 80.5. The van der Waals surface area contributed by atoms with Gasteiger partial charge in [-0.15, -0.1) is 0 Å². The number of aliphatic hydroxyl groups excluding tert-OH is 1. The van der Waals surface area contributed by atoms with Crippen LogP contribution in [0.15, 0.2) is 0 Å². The van der Waals surface area contributed by atoms with E-state index in [2.05, 4.69) is 11.8 Å². The molecule has 3 saturated carbocycles. The van der Waals surface area contributed by atoms with Gasteiger partial charge in [0.25, 0.3) is 0 Å². The second kappa shape index (κ2) is 1.71. The fraction of sp³-hybridized carbons (Fsp3) is 1.00. The van der Waals surface area contributed by atoms with E-state index in [1.54, 1.807) is 0 Å². The van der Waals surface area contributed by atoms with Crippen LogP contribution in [0, 0.1) is 35.5 Å². The predicted molar refractivity (Wildman–Crippen MR) is 51.3 cm³/mol. The van der Waals surface area contributed by atoms with Crippen molar-refractivity contribution in [2.75, 3.05) is 0 Å². The zero-order chi connectivity index (χ0) is 8.32. The van der Waals surface area contributed by atoms with Crippen molar-refractivity contribution >= 4 is 11.8 Å². The molecule has 3 aliphatic carbocycles. The van der Waals surface area contributed by atoms with Crippen LogP contribution in [0.2, 0.25) is 0 Å². The van der Waals surface area contributed by atoms with Gasteiger partial charge in [0.2, 0.25) is 0 Å². The molecule has 13 heavy (non-hydrogen) atoms. The van der Waals surface area contributed by atoms with Crippen LogP contribution in [-0.4, -0.2) is 21.7 Å². The minimum absolute atomic E-state index is 0.118. The molecule has 4 aliphatic rings. The maximum atomic E-state index is 10.2.